The number of halogens is 1. The van der Waals surface area contributed by atoms with Gasteiger partial charge in [-0.2, -0.15) is 0 Å². The Morgan fingerprint density at radius 1 is 1.30 bits per heavy atom. The highest BCUT2D eigenvalue weighted by molar-refractivity contribution is 6.30. The molecular formula is C20H17ClN4O2. The number of fused-ring (bicyclic) bond motifs is 2. The van der Waals surface area contributed by atoms with E-state index in [1.54, 1.807) is 12.1 Å². The van der Waals surface area contributed by atoms with E-state index < -0.39 is 0 Å². The van der Waals surface area contributed by atoms with Crippen LogP contribution in [0.15, 0.2) is 60.3 Å². The van der Waals surface area contributed by atoms with E-state index in [1.807, 2.05) is 47.0 Å². The number of amides is 1. The summed E-state index contributed by atoms with van der Waals surface area (Å²) in [4.78, 5) is 12.0. The minimum atomic E-state index is -0.165. The summed E-state index contributed by atoms with van der Waals surface area (Å²) in [6.45, 7) is 0.900. The topological polar surface area (TPSA) is 68.5 Å². The maximum atomic E-state index is 12.0. The first-order valence-corrected chi connectivity index (χ1v) is 8.94. The molecule has 6 nitrogen and oxygen atoms in total. The number of aromatic nitrogens is 3. The predicted octanol–water partition coefficient (Wildman–Crippen LogP) is 3.07. The third kappa shape index (κ3) is 4.01. The molecule has 3 heterocycles. The number of hydrogen-bond acceptors (Lipinski definition) is 4. The summed E-state index contributed by atoms with van der Waals surface area (Å²) in [5.41, 5.74) is 2.61. The Balaban J connectivity index is 1.33. The number of carbonyl (C=O) groups is 1. The van der Waals surface area contributed by atoms with Gasteiger partial charge in [0.25, 0.3) is 0 Å². The summed E-state index contributed by atoms with van der Waals surface area (Å²) < 4.78 is 7.58. The standard InChI is InChI=1S/C20H17ClN4O2/c21-16-5-6-17-15(12-16)11-14(13-27-17)4-7-20(26)22-9-8-19-24-23-18-3-1-2-10-25(18)19/h1-7,10-12H,8-9,13H2,(H,22,26)/b7-4+. The van der Waals surface area contributed by atoms with Gasteiger partial charge in [0.15, 0.2) is 5.65 Å². The first kappa shape index (κ1) is 17.3. The summed E-state index contributed by atoms with van der Waals surface area (Å²) in [7, 11) is 0. The zero-order valence-electron chi connectivity index (χ0n) is 14.4. The Bertz CT molecular complexity index is 1060. The van der Waals surface area contributed by atoms with Gasteiger partial charge in [-0.05, 0) is 42.0 Å². The summed E-state index contributed by atoms with van der Waals surface area (Å²) in [6.07, 6.45) is 7.74. The van der Waals surface area contributed by atoms with E-state index in [9.17, 15) is 4.79 Å². The van der Waals surface area contributed by atoms with Crippen molar-refractivity contribution >= 4 is 29.2 Å². The van der Waals surface area contributed by atoms with Gasteiger partial charge in [-0.3, -0.25) is 9.20 Å². The number of pyridine rings is 1. The Morgan fingerprint density at radius 3 is 3.15 bits per heavy atom. The van der Waals surface area contributed by atoms with Crippen LogP contribution in [-0.4, -0.2) is 33.7 Å². The minimum Gasteiger partial charge on any atom is -0.488 e. The normalized spacial score (nSPS) is 13.3. The molecule has 1 aliphatic rings. The second-order valence-electron chi connectivity index (χ2n) is 6.11. The lowest BCUT2D eigenvalue weighted by Crippen LogP contribution is -2.24. The number of carbonyl (C=O) groups excluding carboxylic acids is 1. The molecule has 0 radical (unpaired) electrons. The van der Waals surface area contributed by atoms with Crippen molar-refractivity contribution < 1.29 is 9.53 Å². The van der Waals surface area contributed by atoms with Crippen LogP contribution in [0, 0.1) is 0 Å². The smallest absolute Gasteiger partial charge is 0.244 e. The number of nitrogens with zero attached hydrogens (tertiary/aromatic N) is 3. The molecular weight excluding hydrogens is 364 g/mol. The Hall–Kier alpha value is -3.12. The van der Waals surface area contributed by atoms with Crippen LogP contribution in [-0.2, 0) is 11.2 Å². The van der Waals surface area contributed by atoms with Gasteiger partial charge in [-0.25, -0.2) is 0 Å². The summed E-state index contributed by atoms with van der Waals surface area (Å²) in [6, 6.07) is 11.2. The van der Waals surface area contributed by atoms with Crippen molar-refractivity contribution in [2.75, 3.05) is 13.2 Å². The van der Waals surface area contributed by atoms with Gasteiger partial charge < -0.3 is 10.1 Å². The SMILES string of the molecule is O=C(/C=C/C1=Cc2cc(Cl)ccc2OC1)NCCc1nnc2ccccn12. The van der Waals surface area contributed by atoms with Gasteiger partial charge in [0.05, 0.1) is 0 Å². The maximum absolute atomic E-state index is 12.0. The van der Waals surface area contributed by atoms with Crippen LogP contribution in [0.25, 0.3) is 11.7 Å². The van der Waals surface area contributed by atoms with Crippen molar-refractivity contribution in [1.29, 1.82) is 0 Å². The van der Waals surface area contributed by atoms with Crippen molar-refractivity contribution in [2.45, 2.75) is 6.42 Å². The molecule has 0 saturated heterocycles. The van der Waals surface area contributed by atoms with Crippen LogP contribution in [0.2, 0.25) is 5.02 Å². The molecule has 0 bridgehead atoms. The van der Waals surface area contributed by atoms with Gasteiger partial charge in [-0.1, -0.05) is 23.7 Å². The van der Waals surface area contributed by atoms with Gasteiger partial charge in [0, 0.05) is 35.8 Å². The maximum Gasteiger partial charge on any atom is 0.244 e. The van der Waals surface area contributed by atoms with Crippen LogP contribution >= 0.6 is 11.6 Å². The first-order valence-electron chi connectivity index (χ1n) is 8.56. The van der Waals surface area contributed by atoms with Crippen LogP contribution in [0.4, 0.5) is 0 Å². The Kier molecular flexibility index (Phi) is 4.89. The zero-order valence-corrected chi connectivity index (χ0v) is 15.2. The molecule has 0 unspecified atom stereocenters. The third-order valence-electron chi connectivity index (χ3n) is 4.19. The molecule has 1 amide bonds. The average molecular weight is 381 g/mol. The fourth-order valence-corrected chi connectivity index (χ4v) is 3.04. The van der Waals surface area contributed by atoms with E-state index in [0.29, 0.717) is 24.6 Å². The van der Waals surface area contributed by atoms with Crippen LogP contribution in [0.3, 0.4) is 0 Å². The van der Waals surface area contributed by atoms with Gasteiger partial charge in [0.1, 0.15) is 18.2 Å². The molecule has 1 aliphatic heterocycles. The second-order valence-corrected chi connectivity index (χ2v) is 6.55. The summed E-state index contributed by atoms with van der Waals surface area (Å²) in [5.74, 6) is 1.44. The highest BCUT2D eigenvalue weighted by Gasteiger charge is 2.10. The lowest BCUT2D eigenvalue weighted by molar-refractivity contribution is -0.116. The highest BCUT2D eigenvalue weighted by Crippen LogP contribution is 2.29. The van der Waals surface area contributed by atoms with E-state index in [-0.39, 0.29) is 5.91 Å². The highest BCUT2D eigenvalue weighted by atomic mass is 35.5. The molecule has 1 N–H and O–H groups in total. The lowest BCUT2D eigenvalue weighted by atomic mass is 10.1. The molecule has 27 heavy (non-hydrogen) atoms. The van der Waals surface area contributed by atoms with E-state index >= 15 is 0 Å². The quantitative estimate of drug-likeness (QED) is 0.691. The predicted molar refractivity (Wildman–Crippen MR) is 104 cm³/mol. The van der Waals surface area contributed by atoms with Crippen molar-refractivity contribution in [3.8, 4) is 5.75 Å². The lowest BCUT2D eigenvalue weighted by Gasteiger charge is -2.16. The van der Waals surface area contributed by atoms with Crippen LogP contribution in [0.5, 0.6) is 5.75 Å². The van der Waals surface area contributed by atoms with Crippen LogP contribution in [0.1, 0.15) is 11.4 Å². The number of rotatable bonds is 5. The van der Waals surface area contributed by atoms with Crippen LogP contribution < -0.4 is 10.1 Å². The summed E-state index contributed by atoms with van der Waals surface area (Å²) >= 11 is 6.01. The zero-order chi connectivity index (χ0) is 18.6. The molecule has 4 rings (SSSR count). The molecule has 3 aromatic rings. The fourth-order valence-electron chi connectivity index (χ4n) is 2.86. The molecule has 2 aromatic heterocycles. The van der Waals surface area contributed by atoms with Gasteiger partial charge >= 0.3 is 0 Å². The number of nitrogens with one attached hydrogen (secondary N) is 1. The second kappa shape index (κ2) is 7.63. The van der Waals surface area contributed by atoms with Gasteiger partial charge in [-0.15, -0.1) is 10.2 Å². The van der Waals surface area contributed by atoms with Gasteiger partial charge in [0.2, 0.25) is 5.91 Å². The molecule has 0 atom stereocenters. The molecule has 0 spiro atoms. The number of ether oxygens (including phenoxy) is 1. The van der Waals surface area contributed by atoms with E-state index in [1.165, 1.54) is 6.08 Å². The summed E-state index contributed by atoms with van der Waals surface area (Å²) in [5, 5.41) is 11.7. The Morgan fingerprint density at radius 2 is 2.22 bits per heavy atom. The largest absolute Gasteiger partial charge is 0.488 e. The molecule has 0 saturated carbocycles. The van der Waals surface area contributed by atoms with E-state index in [4.69, 9.17) is 16.3 Å². The van der Waals surface area contributed by atoms with Crippen molar-refractivity contribution in [3.05, 3.63) is 76.7 Å². The fraction of sp³-hybridized carbons (Fsp3) is 0.150. The molecule has 0 fully saturated rings. The van der Waals surface area contributed by atoms with E-state index in [2.05, 4.69) is 15.5 Å². The van der Waals surface area contributed by atoms with Crippen molar-refractivity contribution in [3.63, 3.8) is 0 Å². The van der Waals surface area contributed by atoms with Crippen molar-refractivity contribution in [2.24, 2.45) is 0 Å². The number of hydrogen-bond donors (Lipinski definition) is 1. The average Bonchev–Trinajstić information content (AvgIpc) is 3.09. The monoisotopic (exact) mass is 380 g/mol. The molecule has 7 heteroatoms. The van der Waals surface area contributed by atoms with Crippen molar-refractivity contribution in [1.82, 2.24) is 19.9 Å². The Labute approximate surface area is 161 Å². The molecule has 136 valence electrons. The molecule has 1 aromatic carbocycles. The minimum absolute atomic E-state index is 0.165. The molecule has 0 aliphatic carbocycles. The number of benzene rings is 1. The third-order valence-corrected chi connectivity index (χ3v) is 4.42. The van der Waals surface area contributed by atoms with E-state index in [0.717, 1.165) is 28.4 Å². The first-order chi connectivity index (χ1) is 13.2.